The van der Waals surface area contributed by atoms with Crippen molar-refractivity contribution in [1.82, 2.24) is 5.32 Å². The van der Waals surface area contributed by atoms with Crippen molar-refractivity contribution in [2.24, 2.45) is 11.8 Å². The van der Waals surface area contributed by atoms with Crippen LogP contribution in [0.1, 0.15) is 58.3 Å². The highest BCUT2D eigenvalue weighted by molar-refractivity contribution is 4.84. The Balaban J connectivity index is 1.77. The Morgan fingerprint density at radius 3 is 2.71 bits per heavy atom. The molecule has 2 aliphatic rings. The number of nitrogens with one attached hydrogen (secondary N) is 1. The van der Waals surface area contributed by atoms with E-state index in [1.165, 1.54) is 51.4 Å². The Hall–Kier alpha value is -0.0800. The molecule has 0 aromatic rings. The monoisotopic (exact) mass is 239 g/mol. The van der Waals surface area contributed by atoms with Crippen LogP contribution in [0.2, 0.25) is 0 Å². The number of rotatable bonds is 5. The largest absolute Gasteiger partial charge is 0.378 e. The molecule has 0 spiro atoms. The fourth-order valence-corrected chi connectivity index (χ4v) is 3.70. The highest BCUT2D eigenvalue weighted by atomic mass is 16.5. The predicted octanol–water partition coefficient (Wildman–Crippen LogP) is 3.36. The third-order valence-electron chi connectivity index (χ3n) is 4.92. The summed E-state index contributed by atoms with van der Waals surface area (Å²) in [6, 6.07) is 0.763. The lowest BCUT2D eigenvalue weighted by molar-refractivity contribution is 0.0892. The van der Waals surface area contributed by atoms with Crippen LogP contribution >= 0.6 is 0 Å². The summed E-state index contributed by atoms with van der Waals surface area (Å²) in [4.78, 5) is 0. The second-order valence-corrected chi connectivity index (χ2v) is 5.95. The van der Waals surface area contributed by atoms with Gasteiger partial charge in [0.25, 0.3) is 0 Å². The van der Waals surface area contributed by atoms with Crippen LogP contribution in [0, 0.1) is 11.8 Å². The summed E-state index contributed by atoms with van der Waals surface area (Å²) in [7, 11) is 2.13. The Kier molecular flexibility index (Phi) is 5.30. The maximum absolute atomic E-state index is 5.75. The predicted molar refractivity (Wildman–Crippen MR) is 72.2 cm³/mol. The summed E-state index contributed by atoms with van der Waals surface area (Å²) in [5.41, 5.74) is 0. The van der Waals surface area contributed by atoms with Gasteiger partial charge in [-0.25, -0.2) is 0 Å². The topological polar surface area (TPSA) is 21.3 Å². The first-order valence-electron chi connectivity index (χ1n) is 7.62. The Labute approximate surface area is 107 Å². The van der Waals surface area contributed by atoms with E-state index in [1.807, 2.05) is 0 Å². The van der Waals surface area contributed by atoms with E-state index in [-0.39, 0.29) is 0 Å². The zero-order valence-electron chi connectivity index (χ0n) is 11.6. The summed E-state index contributed by atoms with van der Waals surface area (Å²) in [5, 5.41) is 3.53. The molecule has 0 aromatic carbocycles. The average molecular weight is 239 g/mol. The van der Waals surface area contributed by atoms with Crippen molar-refractivity contribution in [3.8, 4) is 0 Å². The zero-order chi connectivity index (χ0) is 12.1. The molecular formula is C15H29NO. The average Bonchev–Trinajstić information content (AvgIpc) is 2.89. The number of hydrogen-bond acceptors (Lipinski definition) is 2. The smallest absolute Gasteiger partial charge is 0.0576 e. The first kappa shape index (κ1) is 13.4. The molecule has 2 rings (SSSR count). The van der Waals surface area contributed by atoms with Gasteiger partial charge in [0.2, 0.25) is 0 Å². The molecule has 1 heterocycles. The molecule has 1 aliphatic carbocycles. The second-order valence-electron chi connectivity index (χ2n) is 5.95. The molecule has 0 bridgehead atoms. The lowest BCUT2D eigenvalue weighted by atomic mass is 9.75. The molecule has 17 heavy (non-hydrogen) atoms. The van der Waals surface area contributed by atoms with Crippen LogP contribution in [0.4, 0.5) is 0 Å². The van der Waals surface area contributed by atoms with Crippen LogP contribution in [0.15, 0.2) is 0 Å². The highest BCUT2D eigenvalue weighted by Crippen LogP contribution is 2.34. The maximum atomic E-state index is 5.75. The van der Waals surface area contributed by atoms with E-state index in [0.29, 0.717) is 6.10 Å². The third-order valence-corrected chi connectivity index (χ3v) is 4.92. The van der Waals surface area contributed by atoms with E-state index in [9.17, 15) is 0 Å². The van der Waals surface area contributed by atoms with Gasteiger partial charge in [0.05, 0.1) is 6.10 Å². The SMILES string of the molecule is CCC1CCC(NC)C(CCC2CCCO2)C1. The Bertz CT molecular complexity index is 213. The van der Waals surface area contributed by atoms with Gasteiger partial charge >= 0.3 is 0 Å². The fourth-order valence-electron chi connectivity index (χ4n) is 3.70. The molecule has 4 unspecified atom stereocenters. The van der Waals surface area contributed by atoms with Crippen LogP contribution in [0.5, 0.6) is 0 Å². The zero-order valence-corrected chi connectivity index (χ0v) is 11.6. The van der Waals surface area contributed by atoms with Crippen molar-refractivity contribution < 1.29 is 4.74 Å². The van der Waals surface area contributed by atoms with E-state index in [1.54, 1.807) is 0 Å². The van der Waals surface area contributed by atoms with Crippen molar-refractivity contribution in [3.05, 3.63) is 0 Å². The van der Waals surface area contributed by atoms with Crippen molar-refractivity contribution in [2.45, 2.75) is 70.4 Å². The lowest BCUT2D eigenvalue weighted by Gasteiger charge is -2.36. The normalized spacial score (nSPS) is 38.5. The van der Waals surface area contributed by atoms with Gasteiger partial charge in [-0.1, -0.05) is 13.3 Å². The van der Waals surface area contributed by atoms with Crippen molar-refractivity contribution >= 4 is 0 Å². The summed E-state index contributed by atoms with van der Waals surface area (Å²) >= 11 is 0. The van der Waals surface area contributed by atoms with Gasteiger partial charge in [-0.2, -0.15) is 0 Å². The van der Waals surface area contributed by atoms with Gasteiger partial charge in [-0.3, -0.25) is 0 Å². The van der Waals surface area contributed by atoms with E-state index in [2.05, 4.69) is 19.3 Å². The van der Waals surface area contributed by atoms with Crippen LogP contribution in [-0.4, -0.2) is 25.8 Å². The Morgan fingerprint density at radius 1 is 1.18 bits per heavy atom. The summed E-state index contributed by atoms with van der Waals surface area (Å²) < 4.78 is 5.75. The molecule has 1 N–H and O–H groups in total. The second kappa shape index (κ2) is 6.75. The summed E-state index contributed by atoms with van der Waals surface area (Å²) in [5.74, 6) is 1.87. The van der Waals surface area contributed by atoms with Crippen LogP contribution in [-0.2, 0) is 4.74 Å². The molecule has 0 aromatic heterocycles. The minimum absolute atomic E-state index is 0.578. The molecule has 2 nitrogen and oxygen atoms in total. The van der Waals surface area contributed by atoms with Gasteiger partial charge in [0.15, 0.2) is 0 Å². The number of hydrogen-bond donors (Lipinski definition) is 1. The molecule has 4 atom stereocenters. The highest BCUT2D eigenvalue weighted by Gasteiger charge is 2.29. The maximum Gasteiger partial charge on any atom is 0.0576 e. The van der Waals surface area contributed by atoms with E-state index < -0.39 is 0 Å². The molecule has 100 valence electrons. The Morgan fingerprint density at radius 2 is 2.06 bits per heavy atom. The molecule has 1 aliphatic heterocycles. The quantitative estimate of drug-likeness (QED) is 0.794. The minimum atomic E-state index is 0.578. The van der Waals surface area contributed by atoms with Crippen LogP contribution in [0.25, 0.3) is 0 Å². The minimum Gasteiger partial charge on any atom is -0.378 e. The van der Waals surface area contributed by atoms with Gasteiger partial charge in [-0.05, 0) is 63.8 Å². The van der Waals surface area contributed by atoms with Crippen molar-refractivity contribution in [3.63, 3.8) is 0 Å². The first-order valence-corrected chi connectivity index (χ1v) is 7.62. The molecule has 2 fully saturated rings. The fraction of sp³-hybridized carbons (Fsp3) is 1.00. The molecule has 1 saturated carbocycles. The van der Waals surface area contributed by atoms with E-state index in [4.69, 9.17) is 4.74 Å². The van der Waals surface area contributed by atoms with Crippen LogP contribution in [0.3, 0.4) is 0 Å². The van der Waals surface area contributed by atoms with Gasteiger partial charge in [0.1, 0.15) is 0 Å². The molecule has 0 radical (unpaired) electrons. The van der Waals surface area contributed by atoms with E-state index in [0.717, 1.165) is 24.5 Å². The van der Waals surface area contributed by atoms with Crippen molar-refractivity contribution in [1.29, 1.82) is 0 Å². The van der Waals surface area contributed by atoms with Gasteiger partial charge in [-0.15, -0.1) is 0 Å². The standard InChI is InChI=1S/C15H29NO/c1-3-12-6-9-15(16-2)13(11-12)7-8-14-5-4-10-17-14/h12-16H,3-11H2,1-2H3. The van der Waals surface area contributed by atoms with E-state index >= 15 is 0 Å². The molecular weight excluding hydrogens is 210 g/mol. The number of ether oxygens (including phenoxy) is 1. The van der Waals surface area contributed by atoms with Gasteiger partial charge < -0.3 is 10.1 Å². The molecule has 2 heteroatoms. The van der Waals surface area contributed by atoms with Gasteiger partial charge in [0, 0.05) is 12.6 Å². The molecule has 0 amide bonds. The summed E-state index contributed by atoms with van der Waals surface area (Å²) in [6.45, 7) is 3.35. The lowest BCUT2D eigenvalue weighted by Crippen LogP contribution is -2.39. The first-order chi connectivity index (χ1) is 8.33. The van der Waals surface area contributed by atoms with Crippen molar-refractivity contribution in [2.75, 3.05) is 13.7 Å². The van der Waals surface area contributed by atoms with Crippen LogP contribution < -0.4 is 5.32 Å². The third kappa shape index (κ3) is 3.69. The molecule has 1 saturated heterocycles. The summed E-state index contributed by atoms with van der Waals surface area (Å²) in [6.07, 6.45) is 11.4.